The van der Waals surface area contributed by atoms with E-state index in [1.54, 1.807) is 0 Å². The molecule has 22 heavy (non-hydrogen) atoms. The van der Waals surface area contributed by atoms with Crippen LogP contribution in [-0.4, -0.2) is 16.1 Å². The Morgan fingerprint density at radius 2 is 1.77 bits per heavy atom. The molecule has 0 saturated heterocycles. The zero-order chi connectivity index (χ0) is 15.9. The summed E-state index contributed by atoms with van der Waals surface area (Å²) in [7, 11) is 0. The number of rotatable bonds is 2. The van der Waals surface area contributed by atoms with Gasteiger partial charge < -0.3 is 15.0 Å². The van der Waals surface area contributed by atoms with Gasteiger partial charge in [-0.15, -0.1) is 0 Å². The molecule has 0 unspecified atom stereocenters. The fourth-order valence-corrected chi connectivity index (χ4v) is 2.74. The van der Waals surface area contributed by atoms with Gasteiger partial charge in [0.25, 0.3) is 0 Å². The van der Waals surface area contributed by atoms with Crippen LogP contribution in [0.3, 0.4) is 0 Å². The second kappa shape index (κ2) is 5.05. The summed E-state index contributed by atoms with van der Waals surface area (Å²) in [6, 6.07) is 13.8. The Hall–Kier alpha value is -2.49. The summed E-state index contributed by atoms with van der Waals surface area (Å²) in [6.07, 6.45) is 0. The zero-order valence-corrected chi connectivity index (χ0v) is 13.1. The van der Waals surface area contributed by atoms with Crippen LogP contribution >= 0.6 is 0 Å². The maximum atomic E-state index is 12.2. The molecular weight excluding hydrogens is 276 g/mol. The SMILES string of the molecule is CC(C)(C)OC(=O)Cn1c2ccccc2c2cc(N)ccc21. The van der Waals surface area contributed by atoms with Crippen LogP contribution in [0.2, 0.25) is 0 Å². The molecule has 0 fully saturated rings. The lowest BCUT2D eigenvalue weighted by Gasteiger charge is -2.20. The minimum absolute atomic E-state index is 0.186. The normalized spacial score (nSPS) is 12.0. The summed E-state index contributed by atoms with van der Waals surface area (Å²) in [5.74, 6) is -0.244. The summed E-state index contributed by atoms with van der Waals surface area (Å²) in [5, 5.41) is 2.15. The molecule has 3 aromatic rings. The molecule has 114 valence electrons. The highest BCUT2D eigenvalue weighted by atomic mass is 16.6. The Bertz CT molecular complexity index is 857. The van der Waals surface area contributed by atoms with Crippen molar-refractivity contribution in [2.24, 2.45) is 0 Å². The molecule has 0 radical (unpaired) electrons. The minimum Gasteiger partial charge on any atom is -0.459 e. The van der Waals surface area contributed by atoms with Gasteiger partial charge in [0, 0.05) is 27.5 Å². The van der Waals surface area contributed by atoms with Crippen LogP contribution in [-0.2, 0) is 16.1 Å². The molecule has 0 bridgehead atoms. The molecule has 4 nitrogen and oxygen atoms in total. The van der Waals surface area contributed by atoms with Gasteiger partial charge in [-0.3, -0.25) is 4.79 Å². The third-order valence-corrected chi connectivity index (χ3v) is 3.50. The average Bonchev–Trinajstić information content (AvgIpc) is 2.71. The van der Waals surface area contributed by atoms with Crippen molar-refractivity contribution in [2.45, 2.75) is 32.9 Å². The van der Waals surface area contributed by atoms with Crippen LogP contribution in [0.5, 0.6) is 0 Å². The minimum atomic E-state index is -0.486. The van der Waals surface area contributed by atoms with Gasteiger partial charge in [-0.05, 0) is 45.0 Å². The van der Waals surface area contributed by atoms with Crippen LogP contribution in [0.4, 0.5) is 5.69 Å². The van der Waals surface area contributed by atoms with Crippen molar-refractivity contribution in [3.63, 3.8) is 0 Å². The van der Waals surface area contributed by atoms with Gasteiger partial charge in [-0.2, -0.15) is 0 Å². The molecule has 0 aliphatic rings. The number of para-hydroxylation sites is 1. The molecule has 0 aliphatic heterocycles. The van der Waals surface area contributed by atoms with E-state index in [2.05, 4.69) is 0 Å². The second-order valence-electron chi connectivity index (χ2n) is 6.47. The standard InChI is InChI=1S/C18H20N2O2/c1-18(2,3)22-17(21)11-20-15-7-5-4-6-13(15)14-10-12(19)8-9-16(14)20/h4-10H,11,19H2,1-3H3. The largest absolute Gasteiger partial charge is 0.459 e. The Morgan fingerprint density at radius 1 is 1.09 bits per heavy atom. The molecular formula is C18H20N2O2. The van der Waals surface area contributed by atoms with Crippen LogP contribution in [0.25, 0.3) is 21.8 Å². The molecule has 0 spiro atoms. The molecule has 0 atom stereocenters. The van der Waals surface area contributed by atoms with Gasteiger partial charge >= 0.3 is 5.97 Å². The van der Waals surface area contributed by atoms with Crippen molar-refractivity contribution in [2.75, 3.05) is 5.73 Å². The Labute approximate surface area is 129 Å². The summed E-state index contributed by atoms with van der Waals surface area (Å²) >= 11 is 0. The fraction of sp³-hybridized carbons (Fsp3) is 0.278. The number of anilines is 1. The van der Waals surface area contributed by atoms with Crippen LogP contribution < -0.4 is 5.73 Å². The Kier molecular flexibility index (Phi) is 3.32. The highest BCUT2D eigenvalue weighted by Crippen LogP contribution is 2.30. The molecule has 0 saturated carbocycles. The van der Waals surface area contributed by atoms with Crippen LogP contribution in [0, 0.1) is 0 Å². The first-order valence-electron chi connectivity index (χ1n) is 7.33. The zero-order valence-electron chi connectivity index (χ0n) is 13.1. The monoisotopic (exact) mass is 296 g/mol. The van der Waals surface area contributed by atoms with Gasteiger partial charge in [0.15, 0.2) is 0 Å². The first-order valence-corrected chi connectivity index (χ1v) is 7.33. The molecule has 1 heterocycles. The highest BCUT2D eigenvalue weighted by Gasteiger charge is 2.19. The quantitative estimate of drug-likeness (QED) is 0.579. The van der Waals surface area contributed by atoms with Gasteiger partial charge in [0.05, 0.1) is 0 Å². The first-order chi connectivity index (χ1) is 10.3. The van der Waals surface area contributed by atoms with Gasteiger partial charge in [-0.25, -0.2) is 0 Å². The number of nitrogens with two attached hydrogens (primary N) is 1. The Morgan fingerprint density at radius 3 is 2.50 bits per heavy atom. The van der Waals surface area contributed by atoms with E-state index in [1.165, 1.54) is 0 Å². The molecule has 2 N–H and O–H groups in total. The van der Waals surface area contributed by atoms with E-state index in [9.17, 15) is 4.79 Å². The number of benzene rings is 2. The number of hydrogen-bond acceptors (Lipinski definition) is 3. The summed E-state index contributed by atoms with van der Waals surface area (Å²) in [5.41, 5.74) is 8.13. The van der Waals surface area contributed by atoms with Gasteiger partial charge in [0.1, 0.15) is 12.1 Å². The van der Waals surface area contributed by atoms with Crippen molar-refractivity contribution in [3.05, 3.63) is 42.5 Å². The van der Waals surface area contributed by atoms with Crippen LogP contribution in [0.15, 0.2) is 42.5 Å². The lowest BCUT2D eigenvalue weighted by atomic mass is 10.1. The smallest absolute Gasteiger partial charge is 0.326 e. The first kappa shape index (κ1) is 14.4. The van der Waals surface area contributed by atoms with Crippen molar-refractivity contribution >= 4 is 33.5 Å². The van der Waals surface area contributed by atoms with Crippen molar-refractivity contribution < 1.29 is 9.53 Å². The lowest BCUT2D eigenvalue weighted by molar-refractivity contribution is -0.155. The molecule has 0 aliphatic carbocycles. The Balaban J connectivity index is 2.13. The van der Waals surface area contributed by atoms with Crippen LogP contribution in [0.1, 0.15) is 20.8 Å². The predicted octanol–water partition coefficient (Wildman–Crippen LogP) is 3.72. The maximum Gasteiger partial charge on any atom is 0.326 e. The second-order valence-corrected chi connectivity index (χ2v) is 6.47. The van der Waals surface area contributed by atoms with Crippen molar-refractivity contribution in [1.29, 1.82) is 0 Å². The van der Waals surface area contributed by atoms with E-state index in [0.717, 1.165) is 21.8 Å². The maximum absolute atomic E-state index is 12.2. The number of ether oxygens (including phenoxy) is 1. The predicted molar refractivity (Wildman–Crippen MR) is 89.7 cm³/mol. The highest BCUT2D eigenvalue weighted by molar-refractivity contribution is 6.09. The van der Waals surface area contributed by atoms with E-state index in [0.29, 0.717) is 5.69 Å². The third kappa shape index (κ3) is 2.64. The fourth-order valence-electron chi connectivity index (χ4n) is 2.74. The van der Waals surface area contributed by atoms with E-state index >= 15 is 0 Å². The van der Waals surface area contributed by atoms with Crippen molar-refractivity contribution in [1.82, 2.24) is 4.57 Å². The number of nitrogen functional groups attached to an aromatic ring is 1. The number of esters is 1. The van der Waals surface area contributed by atoms with E-state index in [4.69, 9.17) is 10.5 Å². The number of nitrogens with zero attached hydrogens (tertiary/aromatic N) is 1. The molecule has 2 aromatic carbocycles. The number of carbonyl (C=O) groups excluding carboxylic acids is 1. The summed E-state index contributed by atoms with van der Waals surface area (Å²) < 4.78 is 7.43. The third-order valence-electron chi connectivity index (χ3n) is 3.50. The van der Waals surface area contributed by atoms with E-state index < -0.39 is 5.60 Å². The van der Waals surface area contributed by atoms with Gasteiger partial charge in [0.2, 0.25) is 0 Å². The molecule has 1 aromatic heterocycles. The van der Waals surface area contributed by atoms with Gasteiger partial charge in [-0.1, -0.05) is 18.2 Å². The number of hydrogen-bond donors (Lipinski definition) is 1. The molecule has 3 rings (SSSR count). The molecule has 0 amide bonds. The van der Waals surface area contributed by atoms with E-state index in [-0.39, 0.29) is 12.5 Å². The lowest BCUT2D eigenvalue weighted by Crippen LogP contribution is -2.26. The number of aromatic nitrogens is 1. The summed E-state index contributed by atoms with van der Waals surface area (Å²) in [4.78, 5) is 12.2. The average molecular weight is 296 g/mol. The topological polar surface area (TPSA) is 57.2 Å². The summed E-state index contributed by atoms with van der Waals surface area (Å²) in [6.45, 7) is 5.80. The van der Waals surface area contributed by atoms with E-state index in [1.807, 2.05) is 67.8 Å². The van der Waals surface area contributed by atoms with Crippen molar-refractivity contribution in [3.8, 4) is 0 Å². The number of carbonyl (C=O) groups is 1. The number of fused-ring (bicyclic) bond motifs is 3. The molecule has 4 heteroatoms.